The van der Waals surface area contributed by atoms with E-state index in [1.165, 1.54) is 0 Å². The summed E-state index contributed by atoms with van der Waals surface area (Å²) in [6, 6.07) is 21.2. The molecule has 0 radical (unpaired) electrons. The molecule has 0 amide bonds. The highest BCUT2D eigenvalue weighted by atomic mass is 28.2. The number of rotatable bonds is 5. The summed E-state index contributed by atoms with van der Waals surface area (Å²) >= 11 is 0. The molecule has 26 heavy (non-hydrogen) atoms. The number of phenolic OH excluding ortho intramolecular Hbond substituents is 3. The minimum Gasteiger partial charge on any atom is -0.542 e. The summed E-state index contributed by atoms with van der Waals surface area (Å²) in [6.45, 7) is 3.59. The van der Waals surface area contributed by atoms with Crippen LogP contribution in [-0.2, 0) is 6.42 Å². The number of hydrogen-bond acceptors (Lipinski definition) is 4. The Morgan fingerprint density at radius 2 is 1.35 bits per heavy atom. The fourth-order valence-electron chi connectivity index (χ4n) is 2.21. The quantitative estimate of drug-likeness (QED) is 0.480. The van der Waals surface area contributed by atoms with Gasteiger partial charge in [-0.2, -0.15) is 0 Å². The molecule has 0 spiro atoms. The molecule has 3 aromatic rings. The molecule has 5 heteroatoms. The first-order valence-corrected chi connectivity index (χ1v) is 9.45. The van der Waals surface area contributed by atoms with Crippen LogP contribution in [0.2, 0.25) is 0 Å². The van der Waals surface area contributed by atoms with Crippen LogP contribution in [0.4, 0.5) is 0 Å². The maximum absolute atomic E-state index is 9.55. The third-order valence-electron chi connectivity index (χ3n) is 3.60. The molecule has 0 bridgehead atoms. The molecular formula is C21H22O4Si. The van der Waals surface area contributed by atoms with E-state index in [9.17, 15) is 15.3 Å². The summed E-state index contributed by atoms with van der Waals surface area (Å²) in [6.07, 6.45) is 2.50. The van der Waals surface area contributed by atoms with Gasteiger partial charge < -0.3 is 19.7 Å². The lowest BCUT2D eigenvalue weighted by Crippen LogP contribution is -2.20. The lowest BCUT2D eigenvalue weighted by molar-refractivity contribution is 0.443. The number of hydrogen-bond donors (Lipinski definition) is 3. The van der Waals surface area contributed by atoms with E-state index < -0.39 is 9.76 Å². The third kappa shape index (κ3) is 5.72. The second kappa shape index (κ2) is 9.96. The van der Waals surface area contributed by atoms with E-state index >= 15 is 0 Å². The minimum absolute atomic E-state index is 0.130. The fraction of sp³-hybridized carbons (Fsp3) is 0.0476. The van der Waals surface area contributed by atoms with Crippen LogP contribution in [0.25, 0.3) is 0 Å². The van der Waals surface area contributed by atoms with Crippen LogP contribution < -0.4 is 9.61 Å². The van der Waals surface area contributed by atoms with Crippen molar-refractivity contribution < 1.29 is 19.7 Å². The van der Waals surface area contributed by atoms with Crippen molar-refractivity contribution in [3.8, 4) is 23.0 Å². The first-order valence-electron chi connectivity index (χ1n) is 8.17. The van der Waals surface area contributed by atoms with Crippen molar-refractivity contribution in [1.82, 2.24) is 0 Å². The molecule has 0 heterocycles. The first kappa shape index (κ1) is 19.1. The van der Waals surface area contributed by atoms with Gasteiger partial charge in [0, 0.05) is 5.19 Å². The number of para-hydroxylation sites is 4. The van der Waals surface area contributed by atoms with Gasteiger partial charge in [0.05, 0.1) is 0 Å². The van der Waals surface area contributed by atoms with Gasteiger partial charge in [0.2, 0.25) is 0 Å². The molecule has 3 aromatic carbocycles. The zero-order chi connectivity index (χ0) is 18.8. The van der Waals surface area contributed by atoms with Crippen LogP contribution in [-0.4, -0.2) is 25.1 Å². The standard InChI is InChI=1S/C12H12O3Si.C9H10O/c13-9-5-1-3-7-11(9)15-16-12-8-4-2-6-10(12)14;1-2-5-8-6-3-4-7-9(8)10/h1-8,13-14H,16H2;2-4,6-7,10H,1,5H2. The zero-order valence-corrected chi connectivity index (χ0v) is 15.8. The number of allylic oxidation sites excluding steroid dienone is 1. The second-order valence-electron chi connectivity index (χ2n) is 5.51. The Bertz CT molecular complexity index is 803. The summed E-state index contributed by atoms with van der Waals surface area (Å²) in [5.41, 5.74) is 0.928. The second-order valence-corrected chi connectivity index (χ2v) is 6.85. The molecule has 0 atom stereocenters. The number of phenols is 3. The molecule has 3 rings (SSSR count). The van der Waals surface area contributed by atoms with Gasteiger partial charge in [-0.3, -0.25) is 0 Å². The molecule has 0 unspecified atom stereocenters. The van der Waals surface area contributed by atoms with Crippen molar-refractivity contribution >= 4 is 14.9 Å². The molecule has 3 N–H and O–H groups in total. The lowest BCUT2D eigenvalue weighted by atomic mass is 10.1. The van der Waals surface area contributed by atoms with E-state index in [1.807, 2.05) is 30.3 Å². The minimum atomic E-state index is -1.07. The molecule has 0 saturated heterocycles. The van der Waals surface area contributed by atoms with Crippen molar-refractivity contribution in [3.05, 3.63) is 91.0 Å². The van der Waals surface area contributed by atoms with Crippen LogP contribution in [0.1, 0.15) is 5.56 Å². The van der Waals surface area contributed by atoms with Crippen molar-refractivity contribution in [1.29, 1.82) is 0 Å². The van der Waals surface area contributed by atoms with Gasteiger partial charge in [-0.25, -0.2) is 0 Å². The van der Waals surface area contributed by atoms with E-state index in [4.69, 9.17) is 4.43 Å². The molecule has 134 valence electrons. The number of aromatic hydroxyl groups is 3. The fourth-order valence-corrected chi connectivity index (χ4v) is 3.26. The van der Waals surface area contributed by atoms with Crippen LogP contribution >= 0.6 is 0 Å². The highest BCUT2D eigenvalue weighted by Crippen LogP contribution is 2.23. The average Bonchev–Trinajstić information content (AvgIpc) is 2.65. The average molecular weight is 366 g/mol. The van der Waals surface area contributed by atoms with Crippen LogP contribution in [0.5, 0.6) is 23.0 Å². The summed E-state index contributed by atoms with van der Waals surface area (Å²) in [5.74, 6) is 1.20. The first-order chi connectivity index (χ1) is 12.6. The molecule has 0 aromatic heterocycles. The summed E-state index contributed by atoms with van der Waals surface area (Å²) in [5, 5.41) is 29.1. The predicted molar refractivity (Wildman–Crippen MR) is 107 cm³/mol. The van der Waals surface area contributed by atoms with Gasteiger partial charge in [0.25, 0.3) is 9.76 Å². The van der Waals surface area contributed by atoms with E-state index in [0.717, 1.165) is 17.2 Å². The van der Waals surface area contributed by atoms with Gasteiger partial charge in [-0.1, -0.05) is 54.6 Å². The van der Waals surface area contributed by atoms with Crippen molar-refractivity contribution in [2.45, 2.75) is 6.42 Å². The maximum atomic E-state index is 9.55. The highest BCUT2D eigenvalue weighted by Gasteiger charge is 2.04. The van der Waals surface area contributed by atoms with E-state index in [0.29, 0.717) is 11.5 Å². The van der Waals surface area contributed by atoms with Crippen molar-refractivity contribution in [3.63, 3.8) is 0 Å². The maximum Gasteiger partial charge on any atom is 0.255 e. The van der Waals surface area contributed by atoms with Crippen molar-refractivity contribution in [2.75, 3.05) is 0 Å². The zero-order valence-electron chi connectivity index (χ0n) is 14.4. The summed E-state index contributed by atoms with van der Waals surface area (Å²) in [7, 11) is -1.07. The largest absolute Gasteiger partial charge is 0.542 e. The SMILES string of the molecule is C=CCc1ccccc1O.Oc1ccccc1O[SiH2]c1ccccc1O. The van der Waals surface area contributed by atoms with Gasteiger partial charge in [-0.15, -0.1) is 6.58 Å². The van der Waals surface area contributed by atoms with Crippen molar-refractivity contribution in [2.24, 2.45) is 0 Å². The molecule has 0 aliphatic carbocycles. The topological polar surface area (TPSA) is 69.9 Å². The Hall–Kier alpha value is -3.18. The lowest BCUT2D eigenvalue weighted by Gasteiger charge is -2.08. The smallest absolute Gasteiger partial charge is 0.255 e. The number of benzene rings is 3. The monoisotopic (exact) mass is 366 g/mol. The molecule has 0 saturated carbocycles. The van der Waals surface area contributed by atoms with E-state index in [2.05, 4.69) is 6.58 Å². The Morgan fingerprint density at radius 1 is 0.769 bits per heavy atom. The van der Waals surface area contributed by atoms with Crippen LogP contribution in [0.15, 0.2) is 85.5 Å². The normalized spacial score (nSPS) is 10.2. The Labute approximate surface area is 155 Å². The Balaban J connectivity index is 0.000000209. The van der Waals surface area contributed by atoms with Gasteiger partial charge in [-0.05, 0) is 36.2 Å². The highest BCUT2D eigenvalue weighted by molar-refractivity contribution is 6.49. The molecule has 0 aliphatic rings. The van der Waals surface area contributed by atoms with Gasteiger partial charge in [0.15, 0.2) is 5.75 Å². The molecule has 0 fully saturated rings. The molecule has 4 nitrogen and oxygen atoms in total. The Kier molecular flexibility index (Phi) is 7.33. The third-order valence-corrected chi connectivity index (χ3v) is 4.96. The Morgan fingerprint density at radius 3 is 1.96 bits per heavy atom. The van der Waals surface area contributed by atoms with E-state index in [-0.39, 0.29) is 11.5 Å². The van der Waals surface area contributed by atoms with Crippen LogP contribution in [0.3, 0.4) is 0 Å². The van der Waals surface area contributed by atoms with Gasteiger partial charge >= 0.3 is 0 Å². The van der Waals surface area contributed by atoms with Crippen LogP contribution in [0, 0.1) is 0 Å². The van der Waals surface area contributed by atoms with Gasteiger partial charge in [0.1, 0.15) is 17.2 Å². The predicted octanol–water partition coefficient (Wildman–Crippen LogP) is 3.01. The summed E-state index contributed by atoms with van der Waals surface area (Å²) < 4.78 is 5.53. The molecular weight excluding hydrogens is 344 g/mol. The molecule has 0 aliphatic heterocycles. The van der Waals surface area contributed by atoms with E-state index in [1.54, 1.807) is 48.5 Å². The summed E-state index contributed by atoms with van der Waals surface area (Å²) in [4.78, 5) is 0.